The van der Waals surface area contributed by atoms with Gasteiger partial charge in [0.2, 0.25) is 0 Å². The number of thiazole rings is 1. The molecule has 0 aliphatic rings. The van der Waals surface area contributed by atoms with Crippen molar-refractivity contribution in [3.05, 3.63) is 40.0 Å². The highest BCUT2D eigenvalue weighted by Gasteiger charge is 2.06. The molecule has 0 unspecified atom stereocenters. The molecule has 0 atom stereocenters. The molecule has 2 aromatic rings. The first kappa shape index (κ1) is 12.9. The Labute approximate surface area is 115 Å². The van der Waals surface area contributed by atoms with Gasteiger partial charge in [-0.2, -0.15) is 0 Å². The van der Waals surface area contributed by atoms with Gasteiger partial charge in [0.05, 0.1) is 17.2 Å². The molecule has 2 N–H and O–H groups in total. The van der Waals surface area contributed by atoms with Gasteiger partial charge in [0.15, 0.2) is 0 Å². The second-order valence-corrected chi connectivity index (χ2v) is 5.49. The first-order valence-electron chi connectivity index (χ1n) is 5.44. The Bertz CT molecular complexity index is 547. The Hall–Kier alpha value is -1.53. The molecule has 2 heterocycles. The van der Waals surface area contributed by atoms with Crippen molar-refractivity contribution in [1.82, 2.24) is 9.97 Å². The van der Waals surface area contributed by atoms with Crippen molar-refractivity contribution in [2.75, 3.05) is 11.9 Å². The van der Waals surface area contributed by atoms with Gasteiger partial charge in [0.1, 0.15) is 10.8 Å². The Morgan fingerprint density at radius 3 is 2.78 bits per heavy atom. The molecule has 94 valence electrons. The van der Waals surface area contributed by atoms with Crippen molar-refractivity contribution in [2.24, 2.45) is 5.73 Å². The van der Waals surface area contributed by atoms with E-state index in [-0.39, 0.29) is 0 Å². The molecule has 0 fully saturated rings. The van der Waals surface area contributed by atoms with Crippen LogP contribution in [0.15, 0.2) is 23.7 Å². The summed E-state index contributed by atoms with van der Waals surface area (Å²) >= 11 is 6.55. The number of aryl methyl sites for hydroxylation is 1. The molecule has 0 amide bonds. The van der Waals surface area contributed by atoms with E-state index in [1.165, 1.54) is 0 Å². The molecule has 0 aromatic carbocycles. The molecule has 0 radical (unpaired) electrons. The van der Waals surface area contributed by atoms with Crippen molar-refractivity contribution in [3.8, 4) is 0 Å². The third kappa shape index (κ3) is 3.02. The minimum absolute atomic E-state index is 0.367. The Kier molecular flexibility index (Phi) is 3.88. The van der Waals surface area contributed by atoms with Crippen molar-refractivity contribution in [3.63, 3.8) is 0 Å². The van der Waals surface area contributed by atoms with Crippen LogP contribution in [0.4, 0.5) is 5.82 Å². The van der Waals surface area contributed by atoms with Crippen LogP contribution in [0.3, 0.4) is 0 Å². The number of hydrogen-bond donors (Lipinski definition) is 1. The summed E-state index contributed by atoms with van der Waals surface area (Å²) in [4.78, 5) is 11.2. The van der Waals surface area contributed by atoms with Crippen LogP contribution in [0.5, 0.6) is 0 Å². The van der Waals surface area contributed by atoms with E-state index >= 15 is 0 Å². The van der Waals surface area contributed by atoms with Gasteiger partial charge in [0.25, 0.3) is 0 Å². The fourth-order valence-electron chi connectivity index (χ4n) is 1.56. The normalized spacial score (nSPS) is 10.3. The van der Waals surface area contributed by atoms with E-state index in [0.717, 1.165) is 28.6 Å². The van der Waals surface area contributed by atoms with Crippen LogP contribution in [-0.4, -0.2) is 22.0 Å². The molecule has 0 aliphatic heterocycles. The number of rotatable bonds is 4. The number of pyridine rings is 1. The molecule has 0 bridgehead atoms. The van der Waals surface area contributed by atoms with Crippen LogP contribution in [0.25, 0.3) is 0 Å². The second kappa shape index (κ2) is 5.41. The highest BCUT2D eigenvalue weighted by atomic mass is 32.1. The topological polar surface area (TPSA) is 55.0 Å². The number of aromatic nitrogens is 2. The summed E-state index contributed by atoms with van der Waals surface area (Å²) in [6.45, 7) is 2.74. The maximum absolute atomic E-state index is 5.54. The molecule has 2 rings (SSSR count). The predicted molar refractivity (Wildman–Crippen MR) is 79.1 cm³/mol. The fourth-order valence-corrected chi connectivity index (χ4v) is 2.29. The van der Waals surface area contributed by atoms with Crippen LogP contribution in [0.1, 0.15) is 16.3 Å². The first-order chi connectivity index (χ1) is 8.56. The minimum Gasteiger partial charge on any atom is -0.389 e. The van der Waals surface area contributed by atoms with Gasteiger partial charge in [-0.25, -0.2) is 9.97 Å². The van der Waals surface area contributed by atoms with Gasteiger partial charge in [-0.15, -0.1) is 11.3 Å². The molecule has 2 aromatic heterocycles. The SMILES string of the molecule is Cc1nc(CN(C)c2ccc(C(N)=S)cn2)cs1. The van der Waals surface area contributed by atoms with Gasteiger partial charge in [0, 0.05) is 24.2 Å². The van der Waals surface area contributed by atoms with Crippen molar-refractivity contribution >= 4 is 34.4 Å². The van der Waals surface area contributed by atoms with Crippen LogP contribution < -0.4 is 10.6 Å². The average Bonchev–Trinajstić information content (AvgIpc) is 2.75. The monoisotopic (exact) mass is 278 g/mol. The van der Waals surface area contributed by atoms with Crippen molar-refractivity contribution < 1.29 is 0 Å². The molecule has 6 heteroatoms. The van der Waals surface area contributed by atoms with Crippen LogP contribution in [0.2, 0.25) is 0 Å². The summed E-state index contributed by atoms with van der Waals surface area (Å²) in [5.74, 6) is 0.876. The third-order valence-electron chi connectivity index (χ3n) is 2.49. The van der Waals surface area contributed by atoms with E-state index in [0.29, 0.717) is 4.99 Å². The quantitative estimate of drug-likeness (QED) is 0.868. The standard InChI is InChI=1S/C12H14N4S2/c1-8-15-10(7-18-8)6-16(2)11-4-3-9(5-14-11)12(13)17/h3-5,7H,6H2,1-2H3,(H2,13,17). The van der Waals surface area contributed by atoms with Crippen molar-refractivity contribution in [1.29, 1.82) is 0 Å². The number of hydrogen-bond acceptors (Lipinski definition) is 5. The van der Waals surface area contributed by atoms with E-state index < -0.39 is 0 Å². The largest absolute Gasteiger partial charge is 0.389 e. The van der Waals surface area contributed by atoms with Gasteiger partial charge in [-0.3, -0.25) is 0 Å². The zero-order valence-corrected chi connectivity index (χ0v) is 11.9. The summed E-state index contributed by atoms with van der Waals surface area (Å²) in [6.07, 6.45) is 1.69. The molecule has 0 aliphatic carbocycles. The van der Waals surface area contributed by atoms with E-state index in [2.05, 4.69) is 15.3 Å². The maximum Gasteiger partial charge on any atom is 0.128 e. The fraction of sp³-hybridized carbons (Fsp3) is 0.250. The highest BCUT2D eigenvalue weighted by Crippen LogP contribution is 2.15. The lowest BCUT2D eigenvalue weighted by atomic mass is 10.3. The highest BCUT2D eigenvalue weighted by molar-refractivity contribution is 7.80. The van der Waals surface area contributed by atoms with E-state index in [9.17, 15) is 0 Å². The Morgan fingerprint density at radius 1 is 1.50 bits per heavy atom. The molecule has 0 saturated heterocycles. The molecule has 0 saturated carbocycles. The molecule has 0 spiro atoms. The van der Waals surface area contributed by atoms with Gasteiger partial charge >= 0.3 is 0 Å². The number of nitrogens with zero attached hydrogens (tertiary/aromatic N) is 3. The summed E-state index contributed by atoms with van der Waals surface area (Å²) in [6, 6.07) is 3.79. The average molecular weight is 278 g/mol. The summed E-state index contributed by atoms with van der Waals surface area (Å²) in [5.41, 5.74) is 7.38. The van der Waals surface area contributed by atoms with Gasteiger partial charge in [-0.1, -0.05) is 12.2 Å². The molecular weight excluding hydrogens is 264 g/mol. The summed E-state index contributed by atoms with van der Waals surface area (Å²) in [7, 11) is 1.98. The smallest absolute Gasteiger partial charge is 0.128 e. The molecular formula is C12H14N4S2. The van der Waals surface area contributed by atoms with Gasteiger partial charge < -0.3 is 10.6 Å². The number of thiocarbonyl (C=S) groups is 1. The van der Waals surface area contributed by atoms with E-state index in [1.54, 1.807) is 17.5 Å². The lowest BCUT2D eigenvalue weighted by Gasteiger charge is -2.16. The summed E-state index contributed by atoms with van der Waals surface area (Å²) in [5, 5.41) is 3.14. The van der Waals surface area contributed by atoms with Crippen LogP contribution in [0, 0.1) is 6.92 Å². The van der Waals surface area contributed by atoms with Gasteiger partial charge in [-0.05, 0) is 19.1 Å². The number of anilines is 1. The van der Waals surface area contributed by atoms with Crippen LogP contribution >= 0.6 is 23.6 Å². The first-order valence-corrected chi connectivity index (χ1v) is 6.73. The molecule has 4 nitrogen and oxygen atoms in total. The van der Waals surface area contributed by atoms with Crippen molar-refractivity contribution in [2.45, 2.75) is 13.5 Å². The Balaban J connectivity index is 2.09. The third-order valence-corrected chi connectivity index (χ3v) is 3.55. The predicted octanol–water partition coefficient (Wildman–Crippen LogP) is 2.12. The van der Waals surface area contributed by atoms with E-state index in [4.69, 9.17) is 18.0 Å². The number of nitrogens with two attached hydrogens (primary N) is 1. The Morgan fingerprint density at radius 2 is 2.28 bits per heavy atom. The zero-order chi connectivity index (χ0) is 13.1. The second-order valence-electron chi connectivity index (χ2n) is 3.98. The zero-order valence-electron chi connectivity index (χ0n) is 10.3. The van der Waals surface area contributed by atoms with E-state index in [1.807, 2.05) is 31.0 Å². The maximum atomic E-state index is 5.54. The lowest BCUT2D eigenvalue weighted by molar-refractivity contribution is 0.870. The molecule has 18 heavy (non-hydrogen) atoms. The minimum atomic E-state index is 0.367. The lowest BCUT2D eigenvalue weighted by Crippen LogP contribution is -2.18. The van der Waals surface area contributed by atoms with Crippen LogP contribution in [-0.2, 0) is 6.54 Å². The summed E-state index contributed by atoms with van der Waals surface area (Å²) < 4.78 is 0.